The van der Waals surface area contributed by atoms with Gasteiger partial charge < -0.3 is 5.32 Å². The summed E-state index contributed by atoms with van der Waals surface area (Å²) in [7, 11) is 1.82. The van der Waals surface area contributed by atoms with Crippen LogP contribution in [0.25, 0.3) is 0 Å². The Hall–Kier alpha value is -3.51. The highest BCUT2D eigenvalue weighted by atomic mass is 19.1. The summed E-state index contributed by atoms with van der Waals surface area (Å²) in [4.78, 5) is 29.7. The van der Waals surface area contributed by atoms with Gasteiger partial charge in [-0.2, -0.15) is 0 Å². The lowest BCUT2D eigenvalue weighted by atomic mass is 9.83. The molecule has 3 aromatic carbocycles. The fraction of sp³-hybridized carbons (Fsp3) is 0.200. The zero-order valence-corrected chi connectivity index (χ0v) is 17.3. The topological polar surface area (TPSA) is 52.6 Å². The van der Waals surface area contributed by atoms with Crippen LogP contribution in [0.4, 0.5) is 9.18 Å². The molecule has 1 saturated heterocycles. The number of amides is 3. The second-order valence-corrected chi connectivity index (χ2v) is 7.88. The smallest absolute Gasteiger partial charge is 0.319 e. The Morgan fingerprint density at radius 1 is 0.871 bits per heavy atom. The van der Waals surface area contributed by atoms with E-state index in [9.17, 15) is 14.0 Å². The number of imide groups is 1. The Morgan fingerprint density at radius 2 is 1.48 bits per heavy atom. The quantitative estimate of drug-likeness (QED) is 0.593. The molecular formula is C25H24FN3O2. The molecule has 1 atom stereocenters. The maximum atomic E-state index is 13.6. The molecule has 0 aliphatic carbocycles. The molecular weight excluding hydrogens is 393 g/mol. The van der Waals surface area contributed by atoms with E-state index < -0.39 is 11.6 Å². The summed E-state index contributed by atoms with van der Waals surface area (Å²) in [5, 5.41) is 2.97. The highest BCUT2D eigenvalue weighted by Gasteiger charge is 2.52. The van der Waals surface area contributed by atoms with Gasteiger partial charge in [-0.1, -0.05) is 72.8 Å². The number of hydrogen-bond acceptors (Lipinski definition) is 3. The Balaban J connectivity index is 1.58. The predicted molar refractivity (Wildman–Crippen MR) is 116 cm³/mol. The minimum Gasteiger partial charge on any atom is -0.319 e. The highest BCUT2D eigenvalue weighted by Crippen LogP contribution is 2.33. The summed E-state index contributed by atoms with van der Waals surface area (Å²) in [6.07, 6.45) is 0.362. The van der Waals surface area contributed by atoms with Gasteiger partial charge in [-0.05, 0) is 35.9 Å². The van der Waals surface area contributed by atoms with Crippen molar-refractivity contribution in [3.63, 3.8) is 0 Å². The first-order valence-corrected chi connectivity index (χ1v) is 10.1. The summed E-state index contributed by atoms with van der Waals surface area (Å²) in [6, 6.07) is 24.8. The van der Waals surface area contributed by atoms with Crippen LogP contribution < -0.4 is 5.32 Å². The number of rotatable bonds is 7. The summed E-state index contributed by atoms with van der Waals surface area (Å²) in [5.74, 6) is -0.576. The van der Waals surface area contributed by atoms with Crippen LogP contribution in [0.15, 0.2) is 84.9 Å². The average Bonchev–Trinajstić information content (AvgIpc) is 3.01. The van der Waals surface area contributed by atoms with Gasteiger partial charge in [-0.3, -0.25) is 9.69 Å². The number of halogens is 1. The van der Waals surface area contributed by atoms with E-state index >= 15 is 0 Å². The molecule has 0 unspecified atom stereocenters. The molecule has 0 saturated carbocycles. The number of nitrogens with one attached hydrogen (secondary N) is 1. The Bertz CT molecular complexity index is 1060. The minimum absolute atomic E-state index is 0.130. The predicted octanol–water partition coefficient (Wildman–Crippen LogP) is 3.91. The lowest BCUT2D eigenvalue weighted by molar-refractivity contribution is -0.133. The molecule has 0 bridgehead atoms. The molecule has 1 fully saturated rings. The average molecular weight is 417 g/mol. The van der Waals surface area contributed by atoms with Crippen molar-refractivity contribution in [1.82, 2.24) is 15.1 Å². The molecule has 1 heterocycles. The van der Waals surface area contributed by atoms with Crippen LogP contribution in [-0.4, -0.2) is 35.5 Å². The van der Waals surface area contributed by atoms with E-state index in [-0.39, 0.29) is 18.4 Å². The molecule has 3 amide bonds. The van der Waals surface area contributed by atoms with Crippen LogP contribution in [0.2, 0.25) is 0 Å². The molecule has 1 aliphatic rings. The van der Waals surface area contributed by atoms with Crippen LogP contribution in [0, 0.1) is 5.82 Å². The van der Waals surface area contributed by atoms with Crippen LogP contribution in [0.1, 0.15) is 16.7 Å². The molecule has 0 radical (unpaired) electrons. The second-order valence-electron chi connectivity index (χ2n) is 7.88. The summed E-state index contributed by atoms with van der Waals surface area (Å²) >= 11 is 0. The first-order chi connectivity index (χ1) is 15.0. The van der Waals surface area contributed by atoms with Gasteiger partial charge in [0.05, 0.1) is 6.67 Å². The zero-order valence-electron chi connectivity index (χ0n) is 17.3. The van der Waals surface area contributed by atoms with Gasteiger partial charge in [0.1, 0.15) is 5.82 Å². The van der Waals surface area contributed by atoms with E-state index in [1.54, 1.807) is 12.1 Å². The first kappa shape index (κ1) is 20.8. The molecule has 0 aromatic heterocycles. The van der Waals surface area contributed by atoms with E-state index in [1.807, 2.05) is 72.6 Å². The molecule has 31 heavy (non-hydrogen) atoms. The molecule has 3 aromatic rings. The third kappa shape index (κ3) is 4.34. The number of benzene rings is 3. The van der Waals surface area contributed by atoms with Gasteiger partial charge in [-0.25, -0.2) is 14.1 Å². The van der Waals surface area contributed by atoms with Crippen molar-refractivity contribution in [1.29, 1.82) is 0 Å². The minimum atomic E-state index is -1.16. The van der Waals surface area contributed by atoms with E-state index in [1.165, 1.54) is 17.0 Å². The van der Waals surface area contributed by atoms with E-state index in [0.717, 1.165) is 16.7 Å². The van der Waals surface area contributed by atoms with Gasteiger partial charge in [0.15, 0.2) is 5.54 Å². The fourth-order valence-corrected chi connectivity index (χ4v) is 3.99. The lowest BCUT2D eigenvalue weighted by Gasteiger charge is -2.28. The fourth-order valence-electron chi connectivity index (χ4n) is 3.99. The zero-order chi connectivity index (χ0) is 21.8. The summed E-state index contributed by atoms with van der Waals surface area (Å²) in [5.41, 5.74) is 1.45. The number of urea groups is 1. The van der Waals surface area contributed by atoms with Crippen molar-refractivity contribution >= 4 is 11.9 Å². The van der Waals surface area contributed by atoms with Gasteiger partial charge in [0.2, 0.25) is 0 Å². The van der Waals surface area contributed by atoms with Gasteiger partial charge >= 0.3 is 6.03 Å². The Labute approximate surface area is 181 Å². The number of carbonyl (C=O) groups excluding carboxylic acids is 2. The maximum Gasteiger partial charge on any atom is 0.326 e. The van der Waals surface area contributed by atoms with Crippen molar-refractivity contribution < 1.29 is 14.0 Å². The van der Waals surface area contributed by atoms with Crippen LogP contribution in [0.3, 0.4) is 0 Å². The van der Waals surface area contributed by atoms with E-state index in [2.05, 4.69) is 5.32 Å². The molecule has 6 heteroatoms. The molecule has 4 rings (SSSR count). The Morgan fingerprint density at radius 3 is 2.13 bits per heavy atom. The standard InChI is InChI=1S/C25H24FN3O2/c1-28(17-20-12-14-22(26)15-13-20)18-29-23(30)25(27-24(29)31,21-10-6-3-7-11-21)16-19-8-4-2-5-9-19/h2-15H,16-18H2,1H3,(H,27,31)/t25-/m1/s1. The van der Waals surface area contributed by atoms with Crippen LogP contribution in [-0.2, 0) is 23.3 Å². The van der Waals surface area contributed by atoms with E-state index in [4.69, 9.17) is 0 Å². The lowest BCUT2D eigenvalue weighted by Crippen LogP contribution is -2.46. The van der Waals surface area contributed by atoms with Crippen molar-refractivity contribution in [2.45, 2.75) is 18.5 Å². The maximum absolute atomic E-state index is 13.6. The number of carbonyl (C=O) groups is 2. The molecule has 5 nitrogen and oxygen atoms in total. The first-order valence-electron chi connectivity index (χ1n) is 10.1. The van der Waals surface area contributed by atoms with Gasteiger partial charge in [0.25, 0.3) is 5.91 Å². The highest BCUT2D eigenvalue weighted by molar-refractivity contribution is 6.07. The third-order valence-corrected chi connectivity index (χ3v) is 5.50. The van der Waals surface area contributed by atoms with Crippen molar-refractivity contribution in [2.24, 2.45) is 0 Å². The van der Waals surface area contributed by atoms with E-state index in [0.29, 0.717) is 13.0 Å². The SMILES string of the molecule is CN(Cc1ccc(F)cc1)CN1C(=O)N[C@](Cc2ccccc2)(c2ccccc2)C1=O. The number of nitrogens with zero attached hydrogens (tertiary/aromatic N) is 2. The van der Waals surface area contributed by atoms with Crippen molar-refractivity contribution in [2.75, 3.05) is 13.7 Å². The third-order valence-electron chi connectivity index (χ3n) is 5.50. The van der Waals surface area contributed by atoms with Crippen molar-refractivity contribution in [3.8, 4) is 0 Å². The normalized spacial score (nSPS) is 18.5. The van der Waals surface area contributed by atoms with Crippen LogP contribution >= 0.6 is 0 Å². The van der Waals surface area contributed by atoms with Crippen molar-refractivity contribution in [3.05, 3.63) is 107 Å². The monoisotopic (exact) mass is 417 g/mol. The van der Waals surface area contributed by atoms with Gasteiger partial charge in [-0.15, -0.1) is 0 Å². The summed E-state index contributed by atoms with van der Waals surface area (Å²) < 4.78 is 13.2. The second kappa shape index (κ2) is 8.70. The molecule has 1 N–H and O–H groups in total. The van der Waals surface area contributed by atoms with Crippen LogP contribution in [0.5, 0.6) is 0 Å². The summed E-state index contributed by atoms with van der Waals surface area (Å²) in [6.45, 7) is 0.611. The largest absolute Gasteiger partial charge is 0.326 e. The molecule has 0 spiro atoms. The Kier molecular flexibility index (Phi) is 5.82. The van der Waals surface area contributed by atoms with Gasteiger partial charge in [0, 0.05) is 13.0 Å². The number of hydrogen-bond donors (Lipinski definition) is 1. The molecule has 158 valence electrons. The molecule has 1 aliphatic heterocycles.